The summed E-state index contributed by atoms with van der Waals surface area (Å²) in [7, 11) is 1.74. The molecule has 1 aromatic carbocycles. The zero-order valence-corrected chi connectivity index (χ0v) is 13.6. The number of likely N-dealkylation sites (tertiary alicyclic amines) is 1. The summed E-state index contributed by atoms with van der Waals surface area (Å²) in [5.41, 5.74) is -0.574. The zero-order valence-electron chi connectivity index (χ0n) is 12.8. The Kier molecular flexibility index (Phi) is 4.97. The number of nitrogens with zero attached hydrogens (tertiary/aromatic N) is 1. The third-order valence-corrected chi connectivity index (χ3v) is 5.01. The van der Waals surface area contributed by atoms with Crippen LogP contribution < -0.4 is 5.32 Å². The van der Waals surface area contributed by atoms with Crippen LogP contribution in [0.25, 0.3) is 0 Å². The van der Waals surface area contributed by atoms with Crippen LogP contribution in [0.4, 0.5) is 13.2 Å². The highest BCUT2D eigenvalue weighted by molar-refractivity contribution is 5.86. The molecule has 3 nitrogen and oxygen atoms in total. The number of carbonyl (C=O) groups excluding carboxylic acids is 1. The number of hydrogen-bond donors (Lipinski definition) is 1. The highest BCUT2D eigenvalue weighted by Gasteiger charge is 2.53. The maximum absolute atomic E-state index is 13.0. The normalized spacial score (nSPS) is 23.9. The van der Waals surface area contributed by atoms with Gasteiger partial charge in [0, 0.05) is 19.5 Å². The van der Waals surface area contributed by atoms with Crippen LogP contribution in [0.5, 0.6) is 0 Å². The summed E-state index contributed by atoms with van der Waals surface area (Å²) >= 11 is 0. The lowest BCUT2D eigenvalue weighted by atomic mass is 9.68. The SMILES string of the molecule is CN1CC(c2cccc(C(F)(F)F)c2)C2(CCNCC2)C1=O.Cl. The van der Waals surface area contributed by atoms with Gasteiger partial charge >= 0.3 is 6.18 Å². The number of hydrogen-bond acceptors (Lipinski definition) is 2. The van der Waals surface area contributed by atoms with E-state index in [9.17, 15) is 18.0 Å². The molecule has 2 aliphatic rings. The number of halogens is 4. The Balaban J connectivity index is 0.00000192. The van der Waals surface area contributed by atoms with Gasteiger partial charge in [-0.15, -0.1) is 12.4 Å². The largest absolute Gasteiger partial charge is 0.416 e. The van der Waals surface area contributed by atoms with Gasteiger partial charge in [-0.3, -0.25) is 4.79 Å². The van der Waals surface area contributed by atoms with Crippen LogP contribution >= 0.6 is 12.4 Å². The molecule has 2 heterocycles. The fraction of sp³-hybridized carbons (Fsp3) is 0.562. The van der Waals surface area contributed by atoms with Crippen LogP contribution in [-0.4, -0.2) is 37.5 Å². The molecule has 128 valence electrons. The van der Waals surface area contributed by atoms with E-state index in [1.165, 1.54) is 12.1 Å². The number of carbonyl (C=O) groups is 1. The Bertz CT molecular complexity index is 585. The molecule has 0 aromatic heterocycles. The average molecular weight is 349 g/mol. The van der Waals surface area contributed by atoms with E-state index in [1.807, 2.05) is 0 Å². The first-order chi connectivity index (χ1) is 10.3. The van der Waals surface area contributed by atoms with Gasteiger partial charge < -0.3 is 10.2 Å². The minimum atomic E-state index is -4.36. The molecule has 1 atom stereocenters. The molecule has 1 amide bonds. The van der Waals surface area contributed by atoms with Crippen molar-refractivity contribution in [3.8, 4) is 0 Å². The van der Waals surface area contributed by atoms with Gasteiger partial charge in [0.05, 0.1) is 11.0 Å². The fourth-order valence-corrected chi connectivity index (χ4v) is 3.85. The van der Waals surface area contributed by atoms with Crippen LogP contribution in [0.1, 0.15) is 29.9 Å². The second kappa shape index (κ2) is 6.32. The van der Waals surface area contributed by atoms with E-state index >= 15 is 0 Å². The molecule has 0 bridgehead atoms. The first-order valence-corrected chi connectivity index (χ1v) is 7.48. The molecule has 2 fully saturated rings. The van der Waals surface area contributed by atoms with Gasteiger partial charge in [0.2, 0.25) is 5.91 Å². The summed E-state index contributed by atoms with van der Waals surface area (Å²) in [5.74, 6) is -0.106. The molecule has 2 saturated heterocycles. The monoisotopic (exact) mass is 348 g/mol. The van der Waals surface area contributed by atoms with E-state index in [0.717, 1.165) is 19.2 Å². The number of amides is 1. The van der Waals surface area contributed by atoms with E-state index in [4.69, 9.17) is 0 Å². The molecule has 0 radical (unpaired) electrons. The predicted octanol–water partition coefficient (Wildman–Crippen LogP) is 3.05. The highest BCUT2D eigenvalue weighted by atomic mass is 35.5. The number of likely N-dealkylation sites (N-methyl/N-ethyl adjacent to an activating group) is 1. The van der Waals surface area contributed by atoms with Crippen molar-refractivity contribution >= 4 is 18.3 Å². The minimum Gasteiger partial charge on any atom is -0.345 e. The number of benzene rings is 1. The van der Waals surface area contributed by atoms with Gasteiger partial charge in [0.15, 0.2) is 0 Å². The summed E-state index contributed by atoms with van der Waals surface area (Å²) in [6, 6.07) is 5.45. The van der Waals surface area contributed by atoms with E-state index in [-0.39, 0.29) is 24.2 Å². The lowest BCUT2D eigenvalue weighted by Gasteiger charge is -2.36. The van der Waals surface area contributed by atoms with E-state index < -0.39 is 17.2 Å². The third kappa shape index (κ3) is 3.06. The summed E-state index contributed by atoms with van der Waals surface area (Å²) < 4.78 is 38.9. The van der Waals surface area contributed by atoms with Crippen molar-refractivity contribution in [2.45, 2.75) is 24.9 Å². The van der Waals surface area contributed by atoms with Crippen LogP contribution in [0.3, 0.4) is 0 Å². The molecule has 3 rings (SSSR count). The van der Waals surface area contributed by atoms with Crippen molar-refractivity contribution in [3.63, 3.8) is 0 Å². The Morgan fingerprint density at radius 1 is 1.26 bits per heavy atom. The van der Waals surface area contributed by atoms with Gasteiger partial charge in [0.1, 0.15) is 0 Å². The first kappa shape index (κ1) is 18.1. The Labute approximate surface area is 139 Å². The topological polar surface area (TPSA) is 32.3 Å². The maximum atomic E-state index is 13.0. The zero-order chi connectivity index (χ0) is 16.0. The number of piperidine rings is 1. The molecule has 1 N–H and O–H groups in total. The molecule has 7 heteroatoms. The summed E-state index contributed by atoms with van der Waals surface area (Å²) in [6.45, 7) is 1.95. The molecule has 1 spiro atoms. The standard InChI is InChI=1S/C16H19F3N2O.ClH/c1-21-10-13(15(14(21)22)5-7-20-8-6-15)11-3-2-4-12(9-11)16(17,18)19;/h2-4,9,13,20H,5-8,10H2,1H3;1H. The number of nitrogens with one attached hydrogen (secondary N) is 1. The second-order valence-electron chi connectivity index (χ2n) is 6.27. The van der Waals surface area contributed by atoms with E-state index in [0.29, 0.717) is 24.9 Å². The van der Waals surface area contributed by atoms with Crippen molar-refractivity contribution in [3.05, 3.63) is 35.4 Å². The molecule has 0 saturated carbocycles. The number of alkyl halides is 3. The molecule has 0 aliphatic carbocycles. The van der Waals surface area contributed by atoms with Crippen molar-refractivity contribution in [1.82, 2.24) is 10.2 Å². The predicted molar refractivity (Wildman–Crippen MR) is 83.6 cm³/mol. The van der Waals surface area contributed by atoms with Crippen molar-refractivity contribution in [1.29, 1.82) is 0 Å². The second-order valence-corrected chi connectivity index (χ2v) is 6.27. The highest BCUT2D eigenvalue weighted by Crippen LogP contribution is 2.49. The minimum absolute atomic E-state index is 0. The van der Waals surface area contributed by atoms with Gasteiger partial charge in [-0.05, 0) is 37.6 Å². The average Bonchev–Trinajstić information content (AvgIpc) is 2.73. The summed E-state index contributed by atoms with van der Waals surface area (Å²) in [5, 5.41) is 3.23. The Morgan fingerprint density at radius 2 is 1.91 bits per heavy atom. The smallest absolute Gasteiger partial charge is 0.345 e. The van der Waals surface area contributed by atoms with Crippen LogP contribution in [-0.2, 0) is 11.0 Å². The van der Waals surface area contributed by atoms with Crippen molar-refractivity contribution in [2.75, 3.05) is 26.7 Å². The quantitative estimate of drug-likeness (QED) is 0.846. The van der Waals surface area contributed by atoms with Gasteiger partial charge in [0.25, 0.3) is 0 Å². The van der Waals surface area contributed by atoms with Crippen LogP contribution in [0.15, 0.2) is 24.3 Å². The van der Waals surface area contributed by atoms with E-state index in [1.54, 1.807) is 18.0 Å². The van der Waals surface area contributed by atoms with Crippen LogP contribution in [0, 0.1) is 5.41 Å². The van der Waals surface area contributed by atoms with Crippen molar-refractivity contribution < 1.29 is 18.0 Å². The molecule has 23 heavy (non-hydrogen) atoms. The third-order valence-electron chi connectivity index (χ3n) is 5.01. The molecule has 1 unspecified atom stereocenters. The fourth-order valence-electron chi connectivity index (χ4n) is 3.85. The maximum Gasteiger partial charge on any atom is 0.416 e. The molecule has 2 aliphatic heterocycles. The number of rotatable bonds is 1. The first-order valence-electron chi connectivity index (χ1n) is 7.48. The van der Waals surface area contributed by atoms with Gasteiger partial charge in [-0.1, -0.05) is 18.2 Å². The lowest BCUT2D eigenvalue weighted by molar-refractivity contribution is -0.137. The van der Waals surface area contributed by atoms with Gasteiger partial charge in [-0.2, -0.15) is 13.2 Å². The lowest BCUT2D eigenvalue weighted by Crippen LogP contribution is -2.44. The van der Waals surface area contributed by atoms with Crippen molar-refractivity contribution in [2.24, 2.45) is 5.41 Å². The molecule has 1 aromatic rings. The molecular formula is C16H20ClF3N2O. The molecular weight excluding hydrogens is 329 g/mol. The van der Waals surface area contributed by atoms with E-state index in [2.05, 4.69) is 5.32 Å². The summed E-state index contributed by atoms with van der Waals surface area (Å²) in [6.07, 6.45) is -3.00. The summed E-state index contributed by atoms with van der Waals surface area (Å²) in [4.78, 5) is 14.3. The van der Waals surface area contributed by atoms with Crippen LogP contribution in [0.2, 0.25) is 0 Å². The van der Waals surface area contributed by atoms with Gasteiger partial charge in [-0.25, -0.2) is 0 Å². The Morgan fingerprint density at radius 3 is 2.52 bits per heavy atom. The Hall–Kier alpha value is -1.27.